The summed E-state index contributed by atoms with van der Waals surface area (Å²) in [4.78, 5) is 11.3. The second-order valence-corrected chi connectivity index (χ2v) is 10.6. The van der Waals surface area contributed by atoms with E-state index >= 15 is 0 Å². The predicted molar refractivity (Wildman–Crippen MR) is 150 cm³/mol. The summed E-state index contributed by atoms with van der Waals surface area (Å²) < 4.78 is 13.7. The second-order valence-electron chi connectivity index (χ2n) is 8.13. The Morgan fingerprint density at radius 1 is 0.974 bits per heavy atom. The zero-order chi connectivity index (χ0) is 27.2. The van der Waals surface area contributed by atoms with Crippen LogP contribution in [0.25, 0.3) is 5.69 Å². The van der Waals surface area contributed by atoms with Gasteiger partial charge in [0.05, 0.1) is 6.61 Å². The summed E-state index contributed by atoms with van der Waals surface area (Å²) in [6.07, 6.45) is 0. The molecule has 1 heterocycles. The monoisotopic (exact) mass is 592 g/mol. The van der Waals surface area contributed by atoms with Crippen molar-refractivity contribution in [3.8, 4) is 17.2 Å². The third-order valence-electron chi connectivity index (χ3n) is 5.48. The van der Waals surface area contributed by atoms with Gasteiger partial charge >= 0.3 is 0 Å². The summed E-state index contributed by atoms with van der Waals surface area (Å²) in [5.41, 5.74) is 2.26. The number of aromatic nitrogens is 3. The maximum absolute atomic E-state index is 11.6. The van der Waals surface area contributed by atoms with Crippen LogP contribution in [0.3, 0.4) is 0 Å². The Morgan fingerprint density at radius 3 is 2.39 bits per heavy atom. The average Bonchev–Trinajstić information content (AvgIpc) is 3.24. The van der Waals surface area contributed by atoms with Crippen molar-refractivity contribution in [3.05, 3.63) is 103 Å². The van der Waals surface area contributed by atoms with E-state index in [0.29, 0.717) is 49.7 Å². The van der Waals surface area contributed by atoms with Crippen molar-refractivity contribution in [3.63, 3.8) is 0 Å². The lowest BCUT2D eigenvalue weighted by Gasteiger charge is -2.18. The normalized spacial score (nSPS) is 11.8. The largest absolute Gasteiger partial charge is 0.490 e. The Kier molecular flexibility index (Phi) is 9.38. The number of hydrogen-bond acceptors (Lipinski definition) is 7. The van der Waals surface area contributed by atoms with E-state index in [9.17, 15) is 10.1 Å². The van der Waals surface area contributed by atoms with Gasteiger partial charge in [-0.2, -0.15) is 0 Å². The molecule has 0 bridgehead atoms. The molecule has 0 saturated carbocycles. The summed E-state index contributed by atoms with van der Waals surface area (Å²) in [6, 6.07) is 17.7. The summed E-state index contributed by atoms with van der Waals surface area (Å²) in [5.74, 6) is 1.61. The predicted octanol–water partition coefficient (Wildman–Crippen LogP) is 7.62. The Labute approximate surface area is 239 Å². The zero-order valence-electron chi connectivity index (χ0n) is 20.4. The molecule has 0 spiro atoms. The van der Waals surface area contributed by atoms with Crippen molar-refractivity contribution in [2.75, 3.05) is 13.2 Å². The first-order chi connectivity index (χ1) is 18.2. The van der Waals surface area contributed by atoms with Crippen LogP contribution in [-0.4, -0.2) is 32.8 Å². The first-order valence-electron chi connectivity index (χ1n) is 11.5. The van der Waals surface area contributed by atoms with Crippen molar-refractivity contribution >= 4 is 46.6 Å². The minimum absolute atomic E-state index is 0.200. The molecule has 4 rings (SSSR count). The molecule has 1 aromatic heterocycles. The highest BCUT2D eigenvalue weighted by atomic mass is 35.5. The first kappa shape index (κ1) is 28.0. The Morgan fingerprint density at radius 2 is 1.71 bits per heavy atom. The van der Waals surface area contributed by atoms with Gasteiger partial charge in [0.2, 0.25) is 6.54 Å². The van der Waals surface area contributed by atoms with E-state index in [1.165, 1.54) is 11.8 Å². The molecule has 0 aliphatic heterocycles. The average molecular weight is 594 g/mol. The third-order valence-corrected chi connectivity index (χ3v) is 7.50. The van der Waals surface area contributed by atoms with Gasteiger partial charge in [0, 0.05) is 31.2 Å². The molecular weight excluding hydrogens is 571 g/mol. The van der Waals surface area contributed by atoms with Crippen molar-refractivity contribution in [2.45, 2.75) is 30.9 Å². The van der Waals surface area contributed by atoms with E-state index < -0.39 is 5.25 Å². The Hall–Kier alpha value is -2.98. The van der Waals surface area contributed by atoms with Gasteiger partial charge in [-0.15, -0.1) is 10.2 Å². The van der Waals surface area contributed by atoms with Crippen LogP contribution in [0.2, 0.25) is 15.1 Å². The van der Waals surface area contributed by atoms with Gasteiger partial charge in [-0.25, -0.2) is 0 Å². The van der Waals surface area contributed by atoms with Gasteiger partial charge in [0.1, 0.15) is 17.7 Å². The van der Waals surface area contributed by atoms with Gasteiger partial charge in [-0.1, -0.05) is 58.7 Å². The number of aryl methyl sites for hydroxylation is 1. The van der Waals surface area contributed by atoms with Gasteiger partial charge in [-0.3, -0.25) is 14.7 Å². The van der Waals surface area contributed by atoms with Crippen molar-refractivity contribution in [2.24, 2.45) is 0 Å². The fourth-order valence-electron chi connectivity index (χ4n) is 3.69. The lowest BCUT2D eigenvalue weighted by Crippen LogP contribution is -2.11. The van der Waals surface area contributed by atoms with Crippen molar-refractivity contribution in [1.82, 2.24) is 14.8 Å². The van der Waals surface area contributed by atoms with Crippen LogP contribution < -0.4 is 9.47 Å². The second kappa shape index (κ2) is 12.7. The number of nitro groups is 1. The van der Waals surface area contributed by atoms with E-state index in [1.54, 1.807) is 48.5 Å². The molecule has 0 fully saturated rings. The third kappa shape index (κ3) is 6.91. The fourth-order valence-corrected chi connectivity index (χ4v) is 5.44. The molecule has 38 heavy (non-hydrogen) atoms. The summed E-state index contributed by atoms with van der Waals surface area (Å²) >= 11 is 19.6. The molecule has 0 amide bonds. The van der Waals surface area contributed by atoms with E-state index in [2.05, 4.69) is 10.2 Å². The molecule has 0 aliphatic rings. The minimum Gasteiger partial charge on any atom is -0.490 e. The van der Waals surface area contributed by atoms with Gasteiger partial charge in [0.25, 0.3) is 0 Å². The van der Waals surface area contributed by atoms with E-state index in [4.69, 9.17) is 44.3 Å². The summed E-state index contributed by atoms with van der Waals surface area (Å²) in [7, 11) is 0. The first-order valence-corrected chi connectivity index (χ1v) is 13.6. The molecule has 0 aliphatic carbocycles. The van der Waals surface area contributed by atoms with Crippen molar-refractivity contribution < 1.29 is 14.4 Å². The SMILES string of the molecule is CCOc1cc([C@@H](C[N+](=O)[O-])Sc2nnc(C)n2-c2ccc(Cl)cc2)ccc1OCc1ccc(Cl)cc1Cl. The summed E-state index contributed by atoms with van der Waals surface area (Å²) in [6.45, 7) is 3.93. The van der Waals surface area contributed by atoms with Crippen molar-refractivity contribution in [1.29, 1.82) is 0 Å². The van der Waals surface area contributed by atoms with E-state index in [1.807, 2.05) is 30.5 Å². The maximum atomic E-state index is 11.6. The molecule has 0 saturated heterocycles. The standard InChI is InChI=1S/C26H23Cl3N4O4S/c1-3-36-24-12-17(5-11-23(24)37-15-18-4-6-20(28)13-22(18)29)25(14-32(34)35)38-26-31-30-16(2)33(26)21-9-7-19(27)8-10-21/h4-13,25H,3,14-15H2,1-2H3/t25-/m1/s1. The van der Waals surface area contributed by atoms with Gasteiger partial charge in [-0.05, 0) is 67.9 Å². The number of benzene rings is 3. The zero-order valence-corrected chi connectivity index (χ0v) is 23.5. The highest BCUT2D eigenvalue weighted by Crippen LogP contribution is 2.40. The fraction of sp³-hybridized carbons (Fsp3) is 0.231. The quantitative estimate of drug-likeness (QED) is 0.100. The molecule has 198 valence electrons. The lowest BCUT2D eigenvalue weighted by atomic mass is 10.1. The summed E-state index contributed by atoms with van der Waals surface area (Å²) in [5, 5.41) is 21.7. The molecule has 4 aromatic rings. The molecule has 1 atom stereocenters. The minimum atomic E-state index is -0.571. The number of thioether (sulfide) groups is 1. The highest BCUT2D eigenvalue weighted by Gasteiger charge is 2.25. The van der Waals surface area contributed by atoms with Crippen LogP contribution in [0.4, 0.5) is 0 Å². The van der Waals surface area contributed by atoms with Crippen LogP contribution in [0.5, 0.6) is 11.5 Å². The maximum Gasteiger partial charge on any atom is 0.220 e. The van der Waals surface area contributed by atoms with Crippen LogP contribution in [0.1, 0.15) is 29.1 Å². The molecule has 3 aromatic carbocycles. The van der Waals surface area contributed by atoms with Crippen LogP contribution in [0, 0.1) is 17.0 Å². The van der Waals surface area contributed by atoms with Gasteiger partial charge < -0.3 is 9.47 Å². The van der Waals surface area contributed by atoms with E-state index in [-0.39, 0.29) is 18.1 Å². The molecule has 0 unspecified atom stereocenters. The van der Waals surface area contributed by atoms with Gasteiger partial charge in [0.15, 0.2) is 16.7 Å². The number of hydrogen-bond donors (Lipinski definition) is 0. The molecule has 8 nitrogen and oxygen atoms in total. The number of halogens is 3. The molecule has 0 N–H and O–H groups in total. The Bertz CT molecular complexity index is 1430. The van der Waals surface area contributed by atoms with Crippen LogP contribution in [-0.2, 0) is 6.61 Å². The molecular formula is C26H23Cl3N4O4S. The van der Waals surface area contributed by atoms with E-state index in [0.717, 1.165) is 11.3 Å². The topological polar surface area (TPSA) is 92.3 Å². The van der Waals surface area contributed by atoms with Crippen LogP contribution in [0.15, 0.2) is 65.8 Å². The smallest absolute Gasteiger partial charge is 0.220 e. The number of ether oxygens (including phenoxy) is 2. The van der Waals surface area contributed by atoms with Crippen LogP contribution >= 0.6 is 46.6 Å². The Balaban J connectivity index is 1.62. The number of rotatable bonds is 11. The highest BCUT2D eigenvalue weighted by molar-refractivity contribution is 7.99. The molecule has 12 heteroatoms. The molecule has 0 radical (unpaired) electrons. The lowest BCUT2D eigenvalue weighted by molar-refractivity contribution is -0.479. The number of nitrogens with zero attached hydrogens (tertiary/aromatic N) is 4.